The second kappa shape index (κ2) is 5.52. The van der Waals surface area contributed by atoms with Gasteiger partial charge in [0.2, 0.25) is 11.6 Å². The molecule has 104 valence electrons. The minimum absolute atomic E-state index is 0.0895. The highest BCUT2D eigenvalue weighted by molar-refractivity contribution is 5.81. The molecule has 1 saturated carbocycles. The van der Waals surface area contributed by atoms with Gasteiger partial charge in [0.05, 0.1) is 11.5 Å². The number of pyridine rings is 1. The molecule has 0 atom stereocenters. The van der Waals surface area contributed by atoms with Crippen LogP contribution in [0.3, 0.4) is 0 Å². The summed E-state index contributed by atoms with van der Waals surface area (Å²) < 4.78 is 0. The third kappa shape index (κ3) is 3.20. The average molecular weight is 275 g/mol. The van der Waals surface area contributed by atoms with Gasteiger partial charge in [-0.05, 0) is 18.9 Å². The van der Waals surface area contributed by atoms with Gasteiger partial charge in [0.15, 0.2) is 0 Å². The van der Waals surface area contributed by atoms with Crippen LogP contribution in [-0.2, 0) is 4.79 Å². The fraction of sp³-hybridized carbons (Fsp3) is 0.417. The van der Waals surface area contributed by atoms with Crippen LogP contribution in [0.4, 0.5) is 11.5 Å². The van der Waals surface area contributed by atoms with Gasteiger partial charge >= 0.3 is 5.69 Å². The first-order valence-corrected chi connectivity index (χ1v) is 6.07. The lowest BCUT2D eigenvalue weighted by atomic mass is 10.3. The standard InChI is InChI=1S/C12H13N5O3/c1-16(7-12(18)14-8-2-3-8)11-5-4-10(17(19)20)9(6-13)15-11/h4-5,8H,2-3,7H2,1H3,(H,14,18). The predicted octanol–water partition coefficient (Wildman–Crippen LogP) is 0.576. The third-order valence-electron chi connectivity index (χ3n) is 2.88. The fourth-order valence-corrected chi connectivity index (χ4v) is 1.68. The maximum absolute atomic E-state index is 11.7. The largest absolute Gasteiger partial charge is 0.352 e. The number of hydrogen-bond donors (Lipinski definition) is 1. The number of nitriles is 1. The van der Waals surface area contributed by atoms with E-state index in [0.29, 0.717) is 5.82 Å². The minimum Gasteiger partial charge on any atom is -0.352 e. The second-order valence-electron chi connectivity index (χ2n) is 4.60. The number of carbonyl (C=O) groups excluding carboxylic acids is 1. The average Bonchev–Trinajstić information content (AvgIpc) is 3.21. The van der Waals surface area contributed by atoms with Crippen LogP contribution in [0.25, 0.3) is 0 Å². The molecule has 0 unspecified atom stereocenters. The maximum Gasteiger partial charge on any atom is 0.305 e. The highest BCUT2D eigenvalue weighted by Gasteiger charge is 2.24. The van der Waals surface area contributed by atoms with Crippen LogP contribution in [0.15, 0.2) is 12.1 Å². The van der Waals surface area contributed by atoms with Crippen LogP contribution < -0.4 is 10.2 Å². The van der Waals surface area contributed by atoms with Crippen LogP contribution in [0.2, 0.25) is 0 Å². The molecule has 0 aromatic carbocycles. The van der Waals surface area contributed by atoms with Crippen molar-refractivity contribution < 1.29 is 9.72 Å². The summed E-state index contributed by atoms with van der Waals surface area (Å²) in [5.74, 6) is 0.215. The van der Waals surface area contributed by atoms with Crippen LogP contribution in [0, 0.1) is 21.4 Å². The normalized spacial score (nSPS) is 13.4. The van der Waals surface area contributed by atoms with Crippen molar-refractivity contribution in [3.8, 4) is 6.07 Å². The monoisotopic (exact) mass is 275 g/mol. The minimum atomic E-state index is -0.658. The van der Waals surface area contributed by atoms with Crippen molar-refractivity contribution in [2.24, 2.45) is 0 Å². The number of nitrogens with zero attached hydrogens (tertiary/aromatic N) is 4. The number of nitro groups is 1. The third-order valence-corrected chi connectivity index (χ3v) is 2.88. The maximum atomic E-state index is 11.7. The first-order valence-electron chi connectivity index (χ1n) is 6.07. The van der Waals surface area contributed by atoms with Gasteiger partial charge < -0.3 is 10.2 Å². The summed E-state index contributed by atoms with van der Waals surface area (Å²) in [4.78, 5) is 27.1. The topological polar surface area (TPSA) is 112 Å². The summed E-state index contributed by atoms with van der Waals surface area (Å²) >= 11 is 0. The van der Waals surface area contributed by atoms with E-state index >= 15 is 0 Å². The summed E-state index contributed by atoms with van der Waals surface area (Å²) in [5.41, 5.74) is -0.603. The molecule has 8 heteroatoms. The molecule has 1 aliphatic rings. The molecule has 1 heterocycles. The molecular formula is C12H13N5O3. The summed E-state index contributed by atoms with van der Waals surface area (Å²) in [6.45, 7) is 0.0895. The molecule has 2 rings (SSSR count). The molecule has 1 aromatic heterocycles. The first-order chi connectivity index (χ1) is 9.51. The second-order valence-corrected chi connectivity index (χ2v) is 4.60. The number of carbonyl (C=O) groups is 1. The lowest BCUT2D eigenvalue weighted by molar-refractivity contribution is -0.385. The Morgan fingerprint density at radius 2 is 2.35 bits per heavy atom. The van der Waals surface area contributed by atoms with E-state index in [1.54, 1.807) is 18.0 Å². The zero-order valence-electron chi connectivity index (χ0n) is 10.9. The molecule has 8 nitrogen and oxygen atoms in total. The van der Waals surface area contributed by atoms with E-state index in [9.17, 15) is 14.9 Å². The van der Waals surface area contributed by atoms with Gasteiger partial charge in [0.25, 0.3) is 0 Å². The van der Waals surface area contributed by atoms with Gasteiger partial charge in [-0.3, -0.25) is 14.9 Å². The molecule has 1 fully saturated rings. The van der Waals surface area contributed by atoms with E-state index in [1.165, 1.54) is 12.1 Å². The fourth-order valence-electron chi connectivity index (χ4n) is 1.68. The van der Waals surface area contributed by atoms with Crippen molar-refractivity contribution in [1.29, 1.82) is 5.26 Å². The van der Waals surface area contributed by atoms with Gasteiger partial charge in [-0.25, -0.2) is 4.98 Å². The van der Waals surface area contributed by atoms with Gasteiger partial charge in [0, 0.05) is 19.2 Å². The lowest BCUT2D eigenvalue weighted by Crippen LogP contribution is -2.36. The summed E-state index contributed by atoms with van der Waals surface area (Å²) in [7, 11) is 1.64. The Hall–Kier alpha value is -2.69. The number of hydrogen-bond acceptors (Lipinski definition) is 6. The zero-order valence-corrected chi connectivity index (χ0v) is 10.9. The number of rotatable bonds is 5. The van der Waals surface area contributed by atoms with E-state index in [-0.39, 0.29) is 29.9 Å². The molecule has 20 heavy (non-hydrogen) atoms. The molecule has 1 aromatic rings. The number of amides is 1. The van der Waals surface area contributed by atoms with E-state index in [2.05, 4.69) is 10.3 Å². The smallest absolute Gasteiger partial charge is 0.305 e. The Morgan fingerprint density at radius 1 is 1.65 bits per heavy atom. The van der Waals surface area contributed by atoms with Crippen molar-refractivity contribution in [2.75, 3.05) is 18.5 Å². The van der Waals surface area contributed by atoms with Crippen molar-refractivity contribution >= 4 is 17.4 Å². The Balaban J connectivity index is 2.09. The molecule has 0 bridgehead atoms. The van der Waals surface area contributed by atoms with Crippen LogP contribution in [0.5, 0.6) is 0 Å². The predicted molar refractivity (Wildman–Crippen MR) is 70.0 cm³/mol. The van der Waals surface area contributed by atoms with E-state index in [1.807, 2.05) is 0 Å². The molecule has 1 aliphatic carbocycles. The van der Waals surface area contributed by atoms with E-state index in [4.69, 9.17) is 5.26 Å². The summed E-state index contributed by atoms with van der Waals surface area (Å²) in [6, 6.07) is 4.60. The van der Waals surface area contributed by atoms with Crippen molar-refractivity contribution in [3.05, 3.63) is 27.9 Å². The molecule has 0 aliphatic heterocycles. The van der Waals surface area contributed by atoms with Gasteiger partial charge in [0.1, 0.15) is 11.9 Å². The number of likely N-dealkylation sites (N-methyl/N-ethyl adjacent to an activating group) is 1. The van der Waals surface area contributed by atoms with Crippen molar-refractivity contribution in [3.63, 3.8) is 0 Å². The van der Waals surface area contributed by atoms with Gasteiger partial charge in [-0.15, -0.1) is 0 Å². The molecule has 0 saturated heterocycles. The molecule has 0 spiro atoms. The number of nitrogens with one attached hydrogen (secondary N) is 1. The Bertz CT molecular complexity index is 591. The van der Waals surface area contributed by atoms with Crippen molar-refractivity contribution in [2.45, 2.75) is 18.9 Å². The molecule has 1 amide bonds. The number of anilines is 1. The van der Waals surface area contributed by atoms with Crippen LogP contribution in [0.1, 0.15) is 18.5 Å². The molecule has 1 N–H and O–H groups in total. The van der Waals surface area contributed by atoms with Crippen LogP contribution in [-0.4, -0.2) is 35.4 Å². The highest BCUT2D eigenvalue weighted by atomic mass is 16.6. The highest BCUT2D eigenvalue weighted by Crippen LogP contribution is 2.20. The quantitative estimate of drug-likeness (QED) is 0.621. The first kappa shape index (κ1) is 13.7. The van der Waals surface area contributed by atoms with E-state index in [0.717, 1.165) is 12.8 Å². The van der Waals surface area contributed by atoms with Crippen molar-refractivity contribution in [1.82, 2.24) is 10.3 Å². The molecular weight excluding hydrogens is 262 g/mol. The van der Waals surface area contributed by atoms with Crippen LogP contribution >= 0.6 is 0 Å². The van der Waals surface area contributed by atoms with Gasteiger partial charge in [-0.1, -0.05) is 0 Å². The summed E-state index contributed by atoms with van der Waals surface area (Å²) in [6.07, 6.45) is 2.01. The Morgan fingerprint density at radius 3 is 2.90 bits per heavy atom. The Labute approximate surface area is 115 Å². The lowest BCUT2D eigenvalue weighted by Gasteiger charge is -2.17. The number of aromatic nitrogens is 1. The molecule has 0 radical (unpaired) electrons. The SMILES string of the molecule is CN(CC(=O)NC1CC1)c1ccc([N+](=O)[O-])c(C#N)n1. The zero-order chi connectivity index (χ0) is 14.7. The van der Waals surface area contributed by atoms with E-state index < -0.39 is 4.92 Å². The van der Waals surface area contributed by atoms with Gasteiger partial charge in [-0.2, -0.15) is 5.26 Å². The summed E-state index contributed by atoms with van der Waals surface area (Å²) in [5, 5.41) is 22.4. The Kier molecular flexibility index (Phi) is 3.79.